The molecule has 10 heteroatoms. The highest BCUT2D eigenvalue weighted by Crippen LogP contribution is 2.28. The zero-order valence-electron chi connectivity index (χ0n) is 14.8. The number of hydrogen-bond donors (Lipinski definition) is 1. The van der Waals surface area contributed by atoms with Gasteiger partial charge in [0, 0.05) is 24.8 Å². The average molecular weight is 399 g/mol. The number of anilines is 1. The minimum atomic E-state index is -3.86. The molecule has 1 aliphatic heterocycles. The Hall–Kier alpha value is -2.33. The summed E-state index contributed by atoms with van der Waals surface area (Å²) in [6, 6.07) is 2.71. The highest BCUT2D eigenvalue weighted by atomic mass is 32.2. The van der Waals surface area contributed by atoms with Gasteiger partial charge in [0.2, 0.25) is 15.9 Å². The lowest BCUT2D eigenvalue weighted by Gasteiger charge is -2.31. The van der Waals surface area contributed by atoms with Gasteiger partial charge in [0.1, 0.15) is 22.2 Å². The number of rotatable bonds is 4. The van der Waals surface area contributed by atoms with Crippen LogP contribution in [-0.4, -0.2) is 36.9 Å². The van der Waals surface area contributed by atoms with Crippen LogP contribution in [0, 0.1) is 31.4 Å². The molecule has 1 saturated heterocycles. The van der Waals surface area contributed by atoms with E-state index in [-0.39, 0.29) is 35.1 Å². The predicted octanol–water partition coefficient (Wildman–Crippen LogP) is 2.61. The molecule has 1 atom stereocenters. The number of amides is 1. The summed E-state index contributed by atoms with van der Waals surface area (Å²) in [7, 11) is -3.86. The summed E-state index contributed by atoms with van der Waals surface area (Å²) in [6.07, 6.45) is 0.954. The standard InChI is InChI=1S/C17H19F2N3O4S/c1-10-16(11(2)26-21-10)27(24,25)22-5-3-4-12(9-22)17(23)20-15-7-13(18)6-14(19)8-15/h6-8,12H,3-5,9H2,1-2H3,(H,20,23). The molecule has 1 fully saturated rings. The van der Waals surface area contributed by atoms with Gasteiger partial charge in [-0.1, -0.05) is 5.16 Å². The van der Waals surface area contributed by atoms with Crippen molar-refractivity contribution in [2.75, 3.05) is 18.4 Å². The zero-order chi connectivity index (χ0) is 19.8. The van der Waals surface area contributed by atoms with Crippen molar-refractivity contribution in [3.8, 4) is 0 Å². The largest absolute Gasteiger partial charge is 0.360 e. The van der Waals surface area contributed by atoms with E-state index in [1.807, 2.05) is 0 Å². The van der Waals surface area contributed by atoms with E-state index in [9.17, 15) is 22.0 Å². The number of sulfonamides is 1. The maximum atomic E-state index is 13.3. The van der Waals surface area contributed by atoms with Gasteiger partial charge in [-0.05, 0) is 38.8 Å². The van der Waals surface area contributed by atoms with E-state index >= 15 is 0 Å². The fraction of sp³-hybridized carbons (Fsp3) is 0.412. The van der Waals surface area contributed by atoms with E-state index in [0.717, 1.165) is 12.1 Å². The summed E-state index contributed by atoms with van der Waals surface area (Å²) < 4.78 is 58.5. The number of piperidine rings is 1. The molecule has 0 spiro atoms. The molecule has 1 aliphatic rings. The molecular weight excluding hydrogens is 380 g/mol. The normalized spacial score (nSPS) is 18.4. The zero-order valence-corrected chi connectivity index (χ0v) is 15.6. The molecule has 1 N–H and O–H groups in total. The molecule has 1 aromatic carbocycles. The number of nitrogens with one attached hydrogen (secondary N) is 1. The Bertz CT molecular complexity index is 935. The Morgan fingerprint density at radius 2 is 1.93 bits per heavy atom. The van der Waals surface area contributed by atoms with Gasteiger partial charge in [-0.25, -0.2) is 17.2 Å². The Kier molecular flexibility index (Phi) is 5.29. The molecule has 7 nitrogen and oxygen atoms in total. The number of halogens is 2. The van der Waals surface area contributed by atoms with Gasteiger partial charge in [0.05, 0.1) is 5.92 Å². The Balaban J connectivity index is 1.76. The number of carbonyl (C=O) groups is 1. The van der Waals surface area contributed by atoms with Crippen LogP contribution in [0.25, 0.3) is 0 Å². The van der Waals surface area contributed by atoms with Crippen molar-refractivity contribution in [2.45, 2.75) is 31.6 Å². The Morgan fingerprint density at radius 3 is 2.52 bits per heavy atom. The molecule has 2 aromatic rings. The van der Waals surface area contributed by atoms with Crippen molar-refractivity contribution >= 4 is 21.6 Å². The SMILES string of the molecule is Cc1noc(C)c1S(=O)(=O)N1CCCC(C(=O)Nc2cc(F)cc(F)c2)C1. The molecule has 2 heterocycles. The number of hydrogen-bond acceptors (Lipinski definition) is 5. The topological polar surface area (TPSA) is 92.5 Å². The van der Waals surface area contributed by atoms with Gasteiger partial charge >= 0.3 is 0 Å². The van der Waals surface area contributed by atoms with Gasteiger partial charge in [-0.2, -0.15) is 4.31 Å². The van der Waals surface area contributed by atoms with Crippen molar-refractivity contribution in [3.05, 3.63) is 41.3 Å². The van der Waals surface area contributed by atoms with Crippen molar-refractivity contribution in [1.29, 1.82) is 0 Å². The maximum absolute atomic E-state index is 13.3. The third-order valence-corrected chi connectivity index (χ3v) is 6.56. The lowest BCUT2D eigenvalue weighted by Crippen LogP contribution is -2.43. The van der Waals surface area contributed by atoms with Crippen LogP contribution in [0.1, 0.15) is 24.3 Å². The average Bonchev–Trinajstić information content (AvgIpc) is 2.93. The summed E-state index contributed by atoms with van der Waals surface area (Å²) in [4.78, 5) is 12.5. The number of benzene rings is 1. The van der Waals surface area contributed by atoms with Gasteiger partial charge in [-0.3, -0.25) is 4.79 Å². The molecule has 0 bridgehead atoms. The van der Waals surface area contributed by atoms with E-state index in [0.29, 0.717) is 18.9 Å². The molecule has 0 saturated carbocycles. The van der Waals surface area contributed by atoms with Crippen LogP contribution in [0.3, 0.4) is 0 Å². The molecule has 0 radical (unpaired) electrons. The number of aromatic nitrogens is 1. The number of aryl methyl sites for hydroxylation is 2. The summed E-state index contributed by atoms with van der Waals surface area (Å²) in [5.41, 5.74) is 0.248. The van der Waals surface area contributed by atoms with Crippen LogP contribution in [0.2, 0.25) is 0 Å². The van der Waals surface area contributed by atoms with Gasteiger partial charge < -0.3 is 9.84 Å². The minimum absolute atomic E-state index is 0.00996. The van der Waals surface area contributed by atoms with Crippen LogP contribution >= 0.6 is 0 Å². The molecule has 27 heavy (non-hydrogen) atoms. The second kappa shape index (κ2) is 7.35. The molecule has 1 aromatic heterocycles. The van der Waals surface area contributed by atoms with Crippen LogP contribution in [0.5, 0.6) is 0 Å². The first-order valence-electron chi connectivity index (χ1n) is 8.38. The second-order valence-corrected chi connectivity index (χ2v) is 8.38. The smallest absolute Gasteiger partial charge is 0.248 e. The lowest BCUT2D eigenvalue weighted by atomic mass is 9.98. The summed E-state index contributed by atoms with van der Waals surface area (Å²) in [5, 5.41) is 6.12. The van der Waals surface area contributed by atoms with E-state index in [1.54, 1.807) is 0 Å². The molecular formula is C17H19F2N3O4S. The second-order valence-electron chi connectivity index (χ2n) is 6.50. The highest BCUT2D eigenvalue weighted by Gasteiger charge is 2.36. The molecule has 0 aliphatic carbocycles. The van der Waals surface area contributed by atoms with Crippen molar-refractivity contribution in [1.82, 2.24) is 9.46 Å². The first kappa shape index (κ1) is 19.4. The third-order valence-electron chi connectivity index (χ3n) is 4.45. The quantitative estimate of drug-likeness (QED) is 0.853. The number of carbonyl (C=O) groups excluding carboxylic acids is 1. The fourth-order valence-electron chi connectivity index (χ4n) is 3.22. The minimum Gasteiger partial charge on any atom is -0.360 e. The fourth-order valence-corrected chi connectivity index (χ4v) is 5.03. The molecule has 3 rings (SSSR count). The third kappa shape index (κ3) is 4.01. The first-order chi connectivity index (χ1) is 12.7. The van der Waals surface area contributed by atoms with Crippen molar-refractivity contribution in [2.24, 2.45) is 5.92 Å². The predicted molar refractivity (Wildman–Crippen MR) is 92.4 cm³/mol. The van der Waals surface area contributed by atoms with E-state index in [1.165, 1.54) is 18.2 Å². The molecule has 1 unspecified atom stereocenters. The summed E-state index contributed by atoms with van der Waals surface area (Å²) >= 11 is 0. The molecule has 1 amide bonds. The van der Waals surface area contributed by atoms with E-state index in [4.69, 9.17) is 4.52 Å². The van der Waals surface area contributed by atoms with Gasteiger partial charge in [-0.15, -0.1) is 0 Å². The Labute approximate surface area is 155 Å². The monoisotopic (exact) mass is 399 g/mol. The van der Waals surface area contributed by atoms with Crippen molar-refractivity contribution in [3.63, 3.8) is 0 Å². The lowest BCUT2D eigenvalue weighted by molar-refractivity contribution is -0.120. The van der Waals surface area contributed by atoms with Gasteiger partial charge in [0.25, 0.3) is 0 Å². The van der Waals surface area contributed by atoms with Gasteiger partial charge in [0.15, 0.2) is 5.76 Å². The maximum Gasteiger partial charge on any atom is 0.248 e. The van der Waals surface area contributed by atoms with E-state index < -0.39 is 33.5 Å². The van der Waals surface area contributed by atoms with Crippen molar-refractivity contribution < 1.29 is 26.5 Å². The van der Waals surface area contributed by atoms with Crippen LogP contribution < -0.4 is 5.32 Å². The highest BCUT2D eigenvalue weighted by molar-refractivity contribution is 7.89. The first-order valence-corrected chi connectivity index (χ1v) is 9.82. The van der Waals surface area contributed by atoms with E-state index in [2.05, 4.69) is 10.5 Å². The number of nitrogens with zero attached hydrogens (tertiary/aromatic N) is 2. The Morgan fingerprint density at radius 1 is 1.26 bits per heavy atom. The van der Waals surface area contributed by atoms with Crippen LogP contribution in [0.4, 0.5) is 14.5 Å². The summed E-state index contributed by atoms with van der Waals surface area (Å²) in [5.74, 6) is -2.55. The van der Waals surface area contributed by atoms with Crippen LogP contribution in [0.15, 0.2) is 27.6 Å². The molecule has 146 valence electrons. The summed E-state index contributed by atoms with van der Waals surface area (Å²) in [6.45, 7) is 3.29. The van der Waals surface area contributed by atoms with Crippen LogP contribution in [-0.2, 0) is 14.8 Å².